The zero-order chi connectivity index (χ0) is 11.0. The quantitative estimate of drug-likeness (QED) is 0.767. The molecule has 0 aliphatic carbocycles. The third-order valence-electron chi connectivity index (χ3n) is 3.48. The van der Waals surface area contributed by atoms with E-state index in [2.05, 4.69) is 16.3 Å². The van der Waals surface area contributed by atoms with Crippen LogP contribution in [-0.2, 0) is 4.74 Å². The summed E-state index contributed by atoms with van der Waals surface area (Å²) in [6.07, 6.45) is 0. The Labute approximate surface area is 95.6 Å². The van der Waals surface area contributed by atoms with Crippen LogP contribution >= 0.6 is 0 Å². The largest absolute Gasteiger partial charge is 0.465 e. The van der Waals surface area contributed by atoms with Gasteiger partial charge in [-0.3, -0.25) is 4.90 Å². The van der Waals surface area contributed by atoms with Gasteiger partial charge >= 0.3 is 0 Å². The average molecular weight is 222 g/mol. The van der Waals surface area contributed by atoms with E-state index in [4.69, 9.17) is 9.15 Å². The number of furan rings is 1. The lowest BCUT2D eigenvalue weighted by molar-refractivity contribution is -0.0471. The summed E-state index contributed by atoms with van der Waals surface area (Å²) in [5, 5.41) is 3.46. The maximum absolute atomic E-state index is 5.75. The average Bonchev–Trinajstić information content (AvgIpc) is 2.75. The summed E-state index contributed by atoms with van der Waals surface area (Å²) in [4.78, 5) is 2.51. The number of hydrogen-bond acceptors (Lipinski definition) is 4. The highest BCUT2D eigenvalue weighted by atomic mass is 16.5. The molecule has 2 aliphatic heterocycles. The second-order valence-corrected chi connectivity index (χ2v) is 4.59. The van der Waals surface area contributed by atoms with Crippen molar-refractivity contribution in [3.05, 3.63) is 23.7 Å². The lowest BCUT2D eigenvalue weighted by atomic mass is 10.1. The Hall–Kier alpha value is -0.840. The van der Waals surface area contributed by atoms with Crippen molar-refractivity contribution in [1.29, 1.82) is 0 Å². The number of rotatable bonds is 1. The molecule has 0 amide bonds. The van der Waals surface area contributed by atoms with Gasteiger partial charge in [-0.25, -0.2) is 0 Å². The molecule has 1 N–H and O–H groups in total. The summed E-state index contributed by atoms with van der Waals surface area (Å²) < 4.78 is 11.3. The number of fused-ring (bicyclic) bond motifs is 1. The van der Waals surface area contributed by atoms with Crippen molar-refractivity contribution in [3.63, 3.8) is 0 Å². The number of nitrogens with zero attached hydrogens (tertiary/aromatic N) is 1. The second kappa shape index (κ2) is 4.20. The van der Waals surface area contributed by atoms with Crippen LogP contribution in [-0.4, -0.2) is 43.8 Å². The van der Waals surface area contributed by atoms with Crippen LogP contribution < -0.4 is 5.32 Å². The first-order chi connectivity index (χ1) is 7.84. The zero-order valence-corrected chi connectivity index (χ0v) is 9.61. The minimum absolute atomic E-state index is 0.372. The first-order valence-corrected chi connectivity index (χ1v) is 5.95. The fourth-order valence-electron chi connectivity index (χ4n) is 2.65. The molecule has 16 heavy (non-hydrogen) atoms. The molecule has 3 rings (SSSR count). The molecule has 4 heteroatoms. The van der Waals surface area contributed by atoms with E-state index in [9.17, 15) is 0 Å². The van der Waals surface area contributed by atoms with Gasteiger partial charge in [-0.15, -0.1) is 0 Å². The number of ether oxygens (including phenoxy) is 1. The Morgan fingerprint density at radius 1 is 1.38 bits per heavy atom. The van der Waals surface area contributed by atoms with Crippen molar-refractivity contribution in [2.75, 3.05) is 32.8 Å². The number of hydrogen-bond donors (Lipinski definition) is 1. The highest BCUT2D eigenvalue weighted by Crippen LogP contribution is 2.28. The first kappa shape index (κ1) is 10.3. The number of piperazine rings is 1. The van der Waals surface area contributed by atoms with Crippen LogP contribution in [0, 0.1) is 6.92 Å². The smallest absolute Gasteiger partial charge is 0.122 e. The minimum Gasteiger partial charge on any atom is -0.465 e. The van der Waals surface area contributed by atoms with Gasteiger partial charge in [-0.05, 0) is 19.1 Å². The molecule has 2 saturated heterocycles. The van der Waals surface area contributed by atoms with E-state index in [1.54, 1.807) is 0 Å². The molecule has 0 bridgehead atoms. The van der Waals surface area contributed by atoms with Crippen LogP contribution in [0.2, 0.25) is 0 Å². The van der Waals surface area contributed by atoms with Crippen molar-refractivity contribution >= 4 is 0 Å². The fourth-order valence-corrected chi connectivity index (χ4v) is 2.65. The van der Waals surface area contributed by atoms with Crippen LogP contribution in [0.1, 0.15) is 17.6 Å². The van der Waals surface area contributed by atoms with E-state index in [1.165, 1.54) is 0 Å². The summed E-state index contributed by atoms with van der Waals surface area (Å²) in [7, 11) is 0. The van der Waals surface area contributed by atoms with Crippen LogP contribution in [0.3, 0.4) is 0 Å². The van der Waals surface area contributed by atoms with Crippen LogP contribution in [0.15, 0.2) is 16.5 Å². The van der Waals surface area contributed by atoms with E-state index < -0.39 is 0 Å². The van der Waals surface area contributed by atoms with E-state index in [0.29, 0.717) is 12.1 Å². The van der Waals surface area contributed by atoms with Crippen molar-refractivity contribution in [2.45, 2.75) is 19.0 Å². The summed E-state index contributed by atoms with van der Waals surface area (Å²) in [5.74, 6) is 2.07. The maximum atomic E-state index is 5.75. The van der Waals surface area contributed by atoms with Gasteiger partial charge in [0.2, 0.25) is 0 Å². The summed E-state index contributed by atoms with van der Waals surface area (Å²) in [6.45, 7) is 6.68. The third kappa shape index (κ3) is 1.77. The molecular formula is C12H18N2O2. The molecule has 2 fully saturated rings. The molecule has 0 spiro atoms. The Morgan fingerprint density at radius 2 is 2.31 bits per heavy atom. The molecule has 2 aliphatic rings. The van der Waals surface area contributed by atoms with Crippen molar-refractivity contribution in [3.8, 4) is 0 Å². The Bertz CT molecular complexity index is 362. The van der Waals surface area contributed by atoms with Crippen LogP contribution in [0.5, 0.6) is 0 Å². The highest BCUT2D eigenvalue weighted by Gasteiger charge is 2.34. The lowest BCUT2D eigenvalue weighted by Gasteiger charge is -2.44. The molecule has 0 aromatic carbocycles. The van der Waals surface area contributed by atoms with Gasteiger partial charge in [0.15, 0.2) is 0 Å². The summed E-state index contributed by atoms with van der Waals surface area (Å²) >= 11 is 0. The molecule has 2 unspecified atom stereocenters. The Balaban J connectivity index is 1.82. The highest BCUT2D eigenvalue weighted by molar-refractivity contribution is 5.12. The summed E-state index contributed by atoms with van der Waals surface area (Å²) in [5.41, 5.74) is 0. The van der Waals surface area contributed by atoms with Crippen molar-refractivity contribution in [2.24, 2.45) is 0 Å². The molecule has 3 heterocycles. The first-order valence-electron chi connectivity index (χ1n) is 5.95. The van der Waals surface area contributed by atoms with Crippen molar-refractivity contribution in [1.82, 2.24) is 10.2 Å². The van der Waals surface area contributed by atoms with E-state index in [-0.39, 0.29) is 0 Å². The molecule has 0 radical (unpaired) electrons. The van der Waals surface area contributed by atoms with E-state index in [0.717, 1.165) is 44.4 Å². The predicted octanol–water partition coefficient (Wildman–Crippen LogP) is 0.933. The van der Waals surface area contributed by atoms with Gasteiger partial charge in [-0.2, -0.15) is 0 Å². The topological polar surface area (TPSA) is 37.6 Å². The summed E-state index contributed by atoms with van der Waals surface area (Å²) in [6, 6.07) is 5.01. The lowest BCUT2D eigenvalue weighted by Crippen LogP contribution is -2.57. The van der Waals surface area contributed by atoms with Crippen LogP contribution in [0.4, 0.5) is 0 Å². The van der Waals surface area contributed by atoms with E-state index in [1.807, 2.05) is 13.0 Å². The molecule has 1 aromatic heterocycles. The van der Waals surface area contributed by atoms with Gasteiger partial charge in [0.25, 0.3) is 0 Å². The number of morpholine rings is 1. The Morgan fingerprint density at radius 3 is 3.12 bits per heavy atom. The Kier molecular flexibility index (Phi) is 2.71. The van der Waals surface area contributed by atoms with Gasteiger partial charge < -0.3 is 14.5 Å². The third-order valence-corrected chi connectivity index (χ3v) is 3.48. The minimum atomic E-state index is 0.372. The molecule has 88 valence electrons. The standard InChI is InChI=1S/C12H18N2O2/c1-9-2-3-12(16-9)11-7-13-6-10-8-15-5-4-14(10)11/h2-3,10-11,13H,4-8H2,1H3. The number of aryl methyl sites for hydroxylation is 1. The number of nitrogens with one attached hydrogen (secondary N) is 1. The molecule has 2 atom stereocenters. The van der Waals surface area contributed by atoms with Gasteiger partial charge in [-0.1, -0.05) is 0 Å². The zero-order valence-electron chi connectivity index (χ0n) is 9.61. The maximum Gasteiger partial charge on any atom is 0.122 e. The molecule has 1 aromatic rings. The molecule has 4 nitrogen and oxygen atoms in total. The fraction of sp³-hybridized carbons (Fsp3) is 0.667. The molecule has 0 saturated carbocycles. The normalized spacial score (nSPS) is 31.3. The predicted molar refractivity (Wildman–Crippen MR) is 60.4 cm³/mol. The van der Waals surface area contributed by atoms with Crippen LogP contribution in [0.25, 0.3) is 0 Å². The molecular weight excluding hydrogens is 204 g/mol. The SMILES string of the molecule is Cc1ccc(C2CNCC3COCCN32)o1. The van der Waals surface area contributed by atoms with E-state index >= 15 is 0 Å². The van der Waals surface area contributed by atoms with Crippen molar-refractivity contribution < 1.29 is 9.15 Å². The van der Waals surface area contributed by atoms with Gasteiger partial charge in [0.1, 0.15) is 11.5 Å². The van der Waals surface area contributed by atoms with Gasteiger partial charge in [0, 0.05) is 25.7 Å². The monoisotopic (exact) mass is 222 g/mol. The van der Waals surface area contributed by atoms with Gasteiger partial charge in [0.05, 0.1) is 19.3 Å². The second-order valence-electron chi connectivity index (χ2n) is 4.59.